The van der Waals surface area contributed by atoms with Gasteiger partial charge in [-0.1, -0.05) is 0 Å². The van der Waals surface area contributed by atoms with Crippen LogP contribution in [0.15, 0.2) is 24.3 Å². The fourth-order valence-electron chi connectivity index (χ4n) is 0.519. The summed E-state index contributed by atoms with van der Waals surface area (Å²) in [5.74, 6) is 0.169. The van der Waals surface area contributed by atoms with E-state index in [0.29, 0.717) is 5.69 Å². The van der Waals surface area contributed by atoms with Crippen molar-refractivity contribution >= 4 is 13.5 Å². The monoisotopic (exact) mass is 266 g/mol. The number of phenolic OH excluding ortho intramolecular Hbond substituents is 1. The van der Waals surface area contributed by atoms with E-state index in [1.165, 1.54) is 24.3 Å². The van der Waals surface area contributed by atoms with Crippen molar-refractivity contribution in [3.63, 3.8) is 0 Å². The smallest absolute Gasteiger partial charge is 0.385 e. The molecule has 0 heterocycles. The van der Waals surface area contributed by atoms with Crippen LogP contribution in [0.2, 0.25) is 0 Å². The molecule has 0 unspecified atom stereocenters. The number of diazo groups is 1. The minimum absolute atomic E-state index is 0.169. The van der Waals surface area contributed by atoms with Crippen LogP contribution in [-0.2, 0) is 0 Å². The number of halogens is 6. The van der Waals surface area contributed by atoms with E-state index in [2.05, 4.69) is 4.98 Å². The normalized spacial score (nSPS) is 14.8. The van der Waals surface area contributed by atoms with Gasteiger partial charge in [-0.25, -0.2) is 0 Å². The Morgan fingerprint density at radius 2 is 1.25 bits per heavy atom. The molecule has 0 fully saturated rings. The Balaban J connectivity index is 0.000000293. The Labute approximate surface area is 85.2 Å². The predicted octanol–water partition coefficient (Wildman–Crippen LogP) is 5.26. The largest absolute Gasteiger partial charge is 0.508 e. The Hall–Kier alpha value is -1.55. The molecule has 0 amide bonds. The van der Waals surface area contributed by atoms with Crippen LogP contribution < -0.4 is 0 Å². The molecule has 0 radical (unpaired) electrons. The third-order valence-corrected chi connectivity index (χ3v) is 0.965. The molecule has 0 saturated carbocycles. The zero-order valence-corrected chi connectivity index (χ0v) is 8.26. The van der Waals surface area contributed by atoms with Gasteiger partial charge in [0.1, 0.15) is 5.75 Å². The summed E-state index contributed by atoms with van der Waals surface area (Å²) in [7, 11) is -10.7. The van der Waals surface area contributed by atoms with Crippen LogP contribution >= 0.6 is 7.81 Å². The van der Waals surface area contributed by atoms with Crippen LogP contribution in [0.5, 0.6) is 5.75 Å². The Bertz CT molecular complexity index is 393. The Morgan fingerprint density at radius 3 is 1.50 bits per heavy atom. The summed E-state index contributed by atoms with van der Waals surface area (Å²) in [5.41, 5.74) is 0.438. The maximum atomic E-state index is 9.87. The first-order valence-corrected chi connectivity index (χ1v) is 5.51. The number of nitrogens with zero attached hydrogens (tertiary/aromatic N) is 2. The van der Waals surface area contributed by atoms with E-state index >= 15 is 0 Å². The molecule has 0 spiro atoms. The molecular weight excluding hydrogens is 261 g/mol. The van der Waals surface area contributed by atoms with Gasteiger partial charge >= 0.3 is 38.7 Å². The van der Waals surface area contributed by atoms with E-state index < -0.39 is 7.81 Å². The minimum atomic E-state index is -10.7. The minimum Gasteiger partial charge on any atom is -0.508 e. The molecule has 1 aromatic rings. The molecule has 10 heteroatoms. The summed E-state index contributed by atoms with van der Waals surface area (Å²) in [4.78, 5) is 2.90. The van der Waals surface area contributed by atoms with Gasteiger partial charge in [-0.15, -0.1) is 0 Å². The Kier molecular flexibility index (Phi) is 3.15. The fourth-order valence-corrected chi connectivity index (χ4v) is 0.519. The zero-order chi connectivity index (χ0) is 13.1. The molecule has 0 atom stereocenters. The van der Waals surface area contributed by atoms with Gasteiger partial charge in [-0.2, -0.15) is 0 Å². The number of hydrogen-bond donors (Lipinski definition) is 1. The molecule has 1 aromatic carbocycles. The van der Waals surface area contributed by atoms with Crippen LogP contribution in [0.1, 0.15) is 0 Å². The van der Waals surface area contributed by atoms with Crippen LogP contribution in [0.3, 0.4) is 0 Å². The standard InChI is InChI=1S/C6H4N2O.F6P/c7-8-5-1-3-6(9)4-2-5;1-7(2,3,4,5)6/h1-4H;/q;-1/p+1. The van der Waals surface area contributed by atoms with Crippen LogP contribution in [0, 0.1) is 5.39 Å². The zero-order valence-electron chi connectivity index (χ0n) is 7.37. The second kappa shape index (κ2) is 3.49. The molecule has 0 aromatic heterocycles. The third-order valence-electron chi connectivity index (χ3n) is 0.965. The van der Waals surface area contributed by atoms with Crippen molar-refractivity contribution in [2.24, 2.45) is 0 Å². The summed E-state index contributed by atoms with van der Waals surface area (Å²) in [6.45, 7) is 0. The van der Waals surface area contributed by atoms with Crippen LogP contribution in [-0.4, -0.2) is 5.11 Å². The van der Waals surface area contributed by atoms with Crippen molar-refractivity contribution in [2.45, 2.75) is 0 Å². The fraction of sp³-hybridized carbons (Fsp3) is 0. The molecule has 3 nitrogen and oxygen atoms in total. The van der Waals surface area contributed by atoms with Gasteiger partial charge < -0.3 is 5.11 Å². The van der Waals surface area contributed by atoms with Crippen molar-refractivity contribution < 1.29 is 30.3 Å². The Morgan fingerprint density at radius 1 is 0.938 bits per heavy atom. The van der Waals surface area contributed by atoms with Gasteiger partial charge in [0.2, 0.25) is 5.39 Å². The topological polar surface area (TPSA) is 48.4 Å². The molecule has 1 N–H and O–H groups in total. The second-order valence-corrected chi connectivity index (χ2v) is 4.49. The number of phenols is 1. The molecule has 0 aliphatic heterocycles. The molecule has 16 heavy (non-hydrogen) atoms. The van der Waals surface area contributed by atoms with Gasteiger partial charge in [-0.05, 0) is 12.1 Å². The molecule has 0 saturated heterocycles. The number of benzene rings is 1. The summed E-state index contributed by atoms with van der Waals surface area (Å²) in [6.07, 6.45) is 0. The van der Waals surface area contributed by atoms with Gasteiger partial charge in [0.25, 0.3) is 0 Å². The van der Waals surface area contributed by atoms with E-state index in [1.54, 1.807) is 0 Å². The van der Waals surface area contributed by atoms with E-state index in [1.807, 2.05) is 0 Å². The van der Waals surface area contributed by atoms with Gasteiger partial charge in [-0.3, -0.25) is 0 Å². The van der Waals surface area contributed by atoms with Crippen molar-refractivity contribution in [1.29, 1.82) is 5.39 Å². The van der Waals surface area contributed by atoms with E-state index in [-0.39, 0.29) is 5.75 Å². The van der Waals surface area contributed by atoms with Crippen molar-refractivity contribution in [3.05, 3.63) is 29.2 Å². The van der Waals surface area contributed by atoms with E-state index in [9.17, 15) is 25.2 Å². The maximum absolute atomic E-state index is 10.7. The first kappa shape index (κ1) is 14.5. The van der Waals surface area contributed by atoms with E-state index in [0.717, 1.165) is 0 Å². The number of aromatic hydroxyl groups is 1. The first-order valence-electron chi connectivity index (χ1n) is 3.48. The van der Waals surface area contributed by atoms with Gasteiger partial charge in [0, 0.05) is 12.1 Å². The van der Waals surface area contributed by atoms with Crippen LogP contribution in [0.4, 0.5) is 30.9 Å². The molecule has 0 aliphatic rings. The molecule has 1 rings (SSSR count). The maximum Gasteiger partial charge on any atom is 0.385 e. The molecule has 0 bridgehead atoms. The summed E-state index contributed by atoms with van der Waals surface area (Å²) in [6, 6.07) is 5.93. The summed E-state index contributed by atoms with van der Waals surface area (Å²) < 4.78 is 59.2. The van der Waals surface area contributed by atoms with Crippen molar-refractivity contribution in [2.75, 3.05) is 0 Å². The van der Waals surface area contributed by atoms with Crippen LogP contribution in [0.25, 0.3) is 4.98 Å². The SMILES string of the molecule is F[P-](F)(F)(F)(F)F.N#[N+]c1ccc(O)cc1. The van der Waals surface area contributed by atoms with E-state index in [4.69, 9.17) is 10.5 Å². The van der Waals surface area contributed by atoms with Gasteiger partial charge in [0.15, 0.2) is 4.98 Å². The van der Waals surface area contributed by atoms with Gasteiger partial charge in [0.05, 0.1) is 0 Å². The average Bonchev–Trinajstić information content (AvgIpc) is 2.00. The average molecular weight is 266 g/mol. The van der Waals surface area contributed by atoms with Crippen molar-refractivity contribution in [3.8, 4) is 5.75 Å². The predicted molar refractivity (Wildman–Crippen MR) is 46.4 cm³/mol. The summed E-state index contributed by atoms with van der Waals surface area (Å²) >= 11 is 0. The number of hydrogen-bond acceptors (Lipinski definition) is 2. The molecule has 92 valence electrons. The summed E-state index contributed by atoms with van der Waals surface area (Å²) in [5, 5.41) is 16.9. The number of rotatable bonds is 0. The second-order valence-electron chi connectivity index (χ2n) is 2.57. The quantitative estimate of drug-likeness (QED) is 0.395. The third kappa shape index (κ3) is 14.9. The molecule has 0 aliphatic carbocycles. The van der Waals surface area contributed by atoms with Crippen molar-refractivity contribution in [1.82, 2.24) is 0 Å². The molecular formula is C6H5F6N2OP. The first-order chi connectivity index (χ1) is 6.78.